The molecule has 2 heterocycles. The number of likely N-dealkylation sites (tertiary alicyclic amines) is 1. The molecule has 3 amide bonds. The number of nitrogens with one attached hydrogen (secondary N) is 2. The first-order valence-electron chi connectivity index (χ1n) is 10.9. The number of hydrogen-bond acceptors (Lipinski definition) is 4. The Morgan fingerprint density at radius 1 is 1.03 bits per heavy atom. The fourth-order valence-electron chi connectivity index (χ4n) is 4.21. The number of carbonyl (C=O) groups is 2. The number of benzene rings is 1. The molecule has 2 N–H and O–H groups in total. The van der Waals surface area contributed by atoms with Gasteiger partial charge >= 0.3 is 6.03 Å². The van der Waals surface area contributed by atoms with E-state index in [4.69, 9.17) is 4.74 Å². The first-order valence-corrected chi connectivity index (χ1v) is 10.9. The van der Waals surface area contributed by atoms with E-state index in [1.54, 1.807) is 0 Å². The molecule has 1 aromatic carbocycles. The quantitative estimate of drug-likeness (QED) is 0.736. The van der Waals surface area contributed by atoms with E-state index in [2.05, 4.69) is 15.5 Å². The third-order valence-electron chi connectivity index (χ3n) is 6.14. The highest BCUT2D eigenvalue weighted by molar-refractivity contribution is 5.89. The number of para-hydroxylation sites is 1. The minimum Gasteiger partial charge on any atom is -0.365 e. The molecular weight excluding hydrogens is 368 g/mol. The predicted molar refractivity (Wildman–Crippen MR) is 112 cm³/mol. The van der Waals surface area contributed by atoms with Gasteiger partial charge in [0.25, 0.3) is 0 Å². The van der Waals surface area contributed by atoms with Crippen LogP contribution in [0.2, 0.25) is 0 Å². The normalized spacial score (nSPS) is 23.8. The average molecular weight is 401 g/mol. The van der Waals surface area contributed by atoms with Crippen LogP contribution in [0.1, 0.15) is 25.7 Å². The molecule has 0 bridgehead atoms. The smallest absolute Gasteiger partial charge is 0.319 e. The molecule has 158 valence electrons. The van der Waals surface area contributed by atoms with Gasteiger partial charge in [-0.3, -0.25) is 4.79 Å². The van der Waals surface area contributed by atoms with Crippen LogP contribution in [0.5, 0.6) is 0 Å². The van der Waals surface area contributed by atoms with Crippen LogP contribution >= 0.6 is 0 Å². The molecule has 2 aliphatic heterocycles. The van der Waals surface area contributed by atoms with Crippen molar-refractivity contribution >= 4 is 17.6 Å². The largest absolute Gasteiger partial charge is 0.365 e. The molecule has 0 radical (unpaired) electrons. The van der Waals surface area contributed by atoms with E-state index in [9.17, 15) is 9.59 Å². The number of amides is 3. The number of urea groups is 1. The Balaban J connectivity index is 1.18. The first kappa shape index (κ1) is 20.2. The molecule has 1 saturated carbocycles. The fourth-order valence-corrected chi connectivity index (χ4v) is 4.21. The van der Waals surface area contributed by atoms with Crippen LogP contribution in [0.4, 0.5) is 10.5 Å². The monoisotopic (exact) mass is 400 g/mol. The lowest BCUT2D eigenvalue weighted by molar-refractivity contribution is -0.149. The molecule has 1 aliphatic carbocycles. The molecule has 0 aromatic heterocycles. The van der Waals surface area contributed by atoms with Gasteiger partial charge < -0.3 is 25.2 Å². The molecule has 1 unspecified atom stereocenters. The fraction of sp³-hybridized carbons (Fsp3) is 0.636. The summed E-state index contributed by atoms with van der Waals surface area (Å²) in [4.78, 5) is 28.9. The molecule has 1 atom stereocenters. The van der Waals surface area contributed by atoms with E-state index < -0.39 is 0 Å². The Hall–Kier alpha value is -2.12. The molecular formula is C22H32N4O3. The Morgan fingerprint density at radius 3 is 2.48 bits per heavy atom. The van der Waals surface area contributed by atoms with Crippen LogP contribution in [-0.4, -0.2) is 73.7 Å². The molecule has 0 spiro atoms. The van der Waals surface area contributed by atoms with Gasteiger partial charge in [0, 0.05) is 31.9 Å². The topological polar surface area (TPSA) is 73.9 Å². The molecule has 2 saturated heterocycles. The second-order valence-electron chi connectivity index (χ2n) is 8.62. The molecule has 1 aromatic rings. The van der Waals surface area contributed by atoms with Gasteiger partial charge in [0.1, 0.15) is 6.61 Å². The summed E-state index contributed by atoms with van der Waals surface area (Å²) < 4.78 is 5.64. The van der Waals surface area contributed by atoms with Crippen LogP contribution in [0, 0.1) is 11.8 Å². The van der Waals surface area contributed by atoms with Crippen LogP contribution in [0.3, 0.4) is 0 Å². The molecule has 7 nitrogen and oxygen atoms in total. The first-order chi connectivity index (χ1) is 14.2. The lowest BCUT2D eigenvalue weighted by atomic mass is 9.95. The third-order valence-corrected chi connectivity index (χ3v) is 6.14. The summed E-state index contributed by atoms with van der Waals surface area (Å²) in [6.45, 7) is 5.44. The van der Waals surface area contributed by atoms with Crippen molar-refractivity contribution in [3.63, 3.8) is 0 Å². The number of morpholine rings is 1. The number of piperidine rings is 1. The summed E-state index contributed by atoms with van der Waals surface area (Å²) in [6, 6.07) is 9.08. The predicted octanol–water partition coefficient (Wildman–Crippen LogP) is 2.16. The van der Waals surface area contributed by atoms with E-state index >= 15 is 0 Å². The second kappa shape index (κ2) is 9.59. The Bertz CT molecular complexity index is 687. The molecule has 3 aliphatic rings. The maximum absolute atomic E-state index is 12.3. The number of nitrogens with zero attached hydrogens (tertiary/aromatic N) is 2. The van der Waals surface area contributed by atoms with Gasteiger partial charge in [0.05, 0.1) is 6.10 Å². The zero-order chi connectivity index (χ0) is 20.1. The molecule has 3 fully saturated rings. The van der Waals surface area contributed by atoms with Crippen molar-refractivity contribution in [1.29, 1.82) is 0 Å². The van der Waals surface area contributed by atoms with Gasteiger partial charge in [-0.1, -0.05) is 18.2 Å². The van der Waals surface area contributed by atoms with Crippen molar-refractivity contribution in [2.45, 2.75) is 31.8 Å². The van der Waals surface area contributed by atoms with E-state index in [1.807, 2.05) is 35.2 Å². The lowest BCUT2D eigenvalue weighted by Gasteiger charge is -2.38. The zero-order valence-electron chi connectivity index (χ0n) is 17.0. The SMILES string of the molecule is O=C(NCC1CN(CC2CCN(CC3CC3)CC2)C(=O)CO1)Nc1ccccc1. The van der Waals surface area contributed by atoms with Gasteiger partial charge in [-0.15, -0.1) is 0 Å². The number of hydrogen-bond donors (Lipinski definition) is 2. The van der Waals surface area contributed by atoms with Gasteiger partial charge in [-0.05, 0) is 62.7 Å². The maximum atomic E-state index is 12.3. The summed E-state index contributed by atoms with van der Waals surface area (Å²) in [7, 11) is 0. The number of carbonyl (C=O) groups excluding carboxylic acids is 2. The highest BCUT2D eigenvalue weighted by Crippen LogP contribution is 2.31. The van der Waals surface area contributed by atoms with Crippen molar-refractivity contribution in [2.24, 2.45) is 11.8 Å². The summed E-state index contributed by atoms with van der Waals surface area (Å²) in [5.41, 5.74) is 0.749. The van der Waals surface area contributed by atoms with Crippen LogP contribution < -0.4 is 10.6 Å². The second-order valence-corrected chi connectivity index (χ2v) is 8.62. The van der Waals surface area contributed by atoms with Crippen molar-refractivity contribution < 1.29 is 14.3 Å². The van der Waals surface area contributed by atoms with E-state index in [0.29, 0.717) is 19.0 Å². The highest BCUT2D eigenvalue weighted by Gasteiger charge is 2.31. The summed E-state index contributed by atoms with van der Waals surface area (Å²) in [6.07, 6.45) is 4.98. The lowest BCUT2D eigenvalue weighted by Crippen LogP contribution is -2.52. The molecule has 7 heteroatoms. The van der Waals surface area contributed by atoms with Crippen molar-refractivity contribution in [3.05, 3.63) is 30.3 Å². The van der Waals surface area contributed by atoms with E-state index in [0.717, 1.165) is 31.2 Å². The van der Waals surface area contributed by atoms with Crippen molar-refractivity contribution in [1.82, 2.24) is 15.1 Å². The zero-order valence-corrected chi connectivity index (χ0v) is 17.0. The van der Waals surface area contributed by atoms with Gasteiger partial charge in [-0.2, -0.15) is 0 Å². The van der Waals surface area contributed by atoms with Gasteiger partial charge in [0.15, 0.2) is 0 Å². The number of anilines is 1. The summed E-state index contributed by atoms with van der Waals surface area (Å²) >= 11 is 0. The van der Waals surface area contributed by atoms with E-state index in [-0.39, 0.29) is 24.6 Å². The van der Waals surface area contributed by atoms with Crippen LogP contribution in [0.25, 0.3) is 0 Å². The Labute approximate surface area is 172 Å². The minimum absolute atomic E-state index is 0.0652. The highest BCUT2D eigenvalue weighted by atomic mass is 16.5. The van der Waals surface area contributed by atoms with Gasteiger partial charge in [-0.25, -0.2) is 4.79 Å². The third kappa shape index (κ3) is 6.18. The number of rotatable bonds is 7. The van der Waals surface area contributed by atoms with Crippen LogP contribution in [0.15, 0.2) is 30.3 Å². The molecule has 29 heavy (non-hydrogen) atoms. The average Bonchev–Trinajstić information content (AvgIpc) is 3.55. The van der Waals surface area contributed by atoms with Crippen molar-refractivity contribution in [3.8, 4) is 0 Å². The summed E-state index contributed by atoms with van der Waals surface area (Å²) in [5, 5.41) is 5.65. The Morgan fingerprint density at radius 2 is 1.76 bits per heavy atom. The maximum Gasteiger partial charge on any atom is 0.319 e. The van der Waals surface area contributed by atoms with Crippen molar-refractivity contribution in [2.75, 3.05) is 51.2 Å². The number of ether oxygens (including phenoxy) is 1. The summed E-state index contributed by atoms with van der Waals surface area (Å²) in [5.74, 6) is 1.58. The Kier molecular flexibility index (Phi) is 6.67. The van der Waals surface area contributed by atoms with Gasteiger partial charge in [0.2, 0.25) is 5.91 Å². The minimum atomic E-state index is -0.258. The standard InChI is InChI=1S/C22H32N4O3/c27-21-16-29-20(12-23-22(28)24-19-4-2-1-3-5-19)15-26(21)14-18-8-10-25(11-9-18)13-17-6-7-17/h1-5,17-18,20H,6-16H2,(H2,23,24,28). The van der Waals surface area contributed by atoms with E-state index in [1.165, 1.54) is 32.2 Å². The van der Waals surface area contributed by atoms with Crippen LogP contribution in [-0.2, 0) is 9.53 Å². The molecule has 4 rings (SSSR count).